The van der Waals surface area contributed by atoms with Crippen LogP contribution in [0.25, 0.3) is 0 Å². The molecule has 0 amide bonds. The summed E-state index contributed by atoms with van der Waals surface area (Å²) in [4.78, 5) is 8.30. The van der Waals surface area contributed by atoms with Crippen LogP contribution in [0.15, 0.2) is 0 Å². The van der Waals surface area contributed by atoms with Crippen molar-refractivity contribution in [3.05, 3.63) is 11.3 Å². The maximum atomic E-state index is 5.61. The van der Waals surface area contributed by atoms with Crippen LogP contribution in [-0.2, 0) is 4.74 Å². The van der Waals surface area contributed by atoms with Crippen LogP contribution < -0.4 is 11.1 Å². The Hall–Kier alpha value is -1.36. The van der Waals surface area contributed by atoms with Crippen LogP contribution in [0.3, 0.4) is 0 Å². The van der Waals surface area contributed by atoms with Gasteiger partial charge >= 0.3 is 0 Å². The van der Waals surface area contributed by atoms with Crippen molar-refractivity contribution in [1.29, 1.82) is 0 Å². The first-order valence-corrected chi connectivity index (χ1v) is 6.12. The van der Waals surface area contributed by atoms with Gasteiger partial charge in [-0.25, -0.2) is 4.98 Å². The summed E-state index contributed by atoms with van der Waals surface area (Å²) in [5, 5.41) is 3.33. The Balaban J connectivity index is 0.000000686. The Morgan fingerprint density at radius 1 is 1.29 bits per heavy atom. The Kier molecular flexibility index (Phi) is 5.15. The minimum absolute atomic E-state index is 0.319. The van der Waals surface area contributed by atoms with E-state index >= 15 is 0 Å². The lowest BCUT2D eigenvalue weighted by Crippen LogP contribution is -2.21. The van der Waals surface area contributed by atoms with Gasteiger partial charge in [0.25, 0.3) is 0 Å². The van der Waals surface area contributed by atoms with Crippen molar-refractivity contribution in [2.24, 2.45) is 0 Å². The van der Waals surface area contributed by atoms with E-state index in [4.69, 9.17) is 10.5 Å². The van der Waals surface area contributed by atoms with E-state index in [1.54, 1.807) is 0 Å². The summed E-state index contributed by atoms with van der Waals surface area (Å²) in [6.45, 7) is 9.48. The molecule has 17 heavy (non-hydrogen) atoms. The van der Waals surface area contributed by atoms with Gasteiger partial charge in [-0.15, -0.1) is 0 Å². The molecule has 1 atom stereocenters. The Labute approximate surface area is 103 Å². The minimum Gasteiger partial charge on any atom is -0.379 e. The summed E-state index contributed by atoms with van der Waals surface area (Å²) in [6.07, 6.45) is 1.02. The highest BCUT2D eigenvalue weighted by Gasteiger charge is 2.17. The Morgan fingerprint density at radius 3 is 2.59 bits per heavy atom. The molecule has 0 saturated carbocycles. The monoisotopic (exact) mass is 238 g/mol. The number of aryl methyl sites for hydroxylation is 1. The number of aromatic nitrogens is 2. The number of nitrogen functional groups attached to an aromatic ring is 1. The van der Waals surface area contributed by atoms with Gasteiger partial charge in [0.05, 0.1) is 12.6 Å². The van der Waals surface area contributed by atoms with E-state index in [1.165, 1.54) is 0 Å². The van der Waals surface area contributed by atoms with Gasteiger partial charge < -0.3 is 15.8 Å². The van der Waals surface area contributed by atoms with E-state index in [0.29, 0.717) is 12.0 Å². The lowest BCUT2D eigenvalue weighted by molar-refractivity contribution is 0.195. The average molecular weight is 238 g/mol. The fraction of sp³-hybridized carbons (Fsp3) is 0.667. The number of nitrogens with zero attached hydrogens (tertiary/aromatic N) is 2. The van der Waals surface area contributed by atoms with Crippen LogP contribution in [0, 0.1) is 13.8 Å². The molecule has 0 bridgehead atoms. The zero-order chi connectivity index (χ0) is 12.8. The molecule has 0 aliphatic carbocycles. The topological polar surface area (TPSA) is 73.1 Å². The summed E-state index contributed by atoms with van der Waals surface area (Å²) in [5.41, 5.74) is 7.58. The van der Waals surface area contributed by atoms with Crippen LogP contribution in [-0.4, -0.2) is 29.2 Å². The van der Waals surface area contributed by atoms with E-state index in [-0.39, 0.29) is 0 Å². The van der Waals surface area contributed by atoms with Crippen molar-refractivity contribution >= 4 is 11.8 Å². The Morgan fingerprint density at radius 2 is 2.00 bits per heavy atom. The third-order valence-electron chi connectivity index (χ3n) is 2.68. The van der Waals surface area contributed by atoms with E-state index < -0.39 is 0 Å². The molecule has 1 aromatic rings. The predicted octanol–water partition coefficient (Wildman–Crippen LogP) is 1.90. The molecule has 1 fully saturated rings. The smallest absolute Gasteiger partial charge is 0.222 e. The van der Waals surface area contributed by atoms with E-state index in [9.17, 15) is 0 Å². The lowest BCUT2D eigenvalue weighted by atomic mass is 10.2. The molecule has 1 saturated heterocycles. The zero-order valence-electron chi connectivity index (χ0n) is 11.1. The van der Waals surface area contributed by atoms with Crippen molar-refractivity contribution in [1.82, 2.24) is 9.97 Å². The second-order valence-electron chi connectivity index (χ2n) is 3.85. The molecule has 0 aromatic carbocycles. The quantitative estimate of drug-likeness (QED) is 0.823. The summed E-state index contributed by atoms with van der Waals surface area (Å²) in [6, 6.07) is 0.345. The number of hydrogen-bond donors (Lipinski definition) is 2. The summed E-state index contributed by atoms with van der Waals surface area (Å²) in [7, 11) is 0. The molecule has 5 heteroatoms. The average Bonchev–Trinajstić information content (AvgIpc) is 2.81. The maximum absolute atomic E-state index is 5.61. The standard InChI is InChI=1S/C10H16N4O.C2H6/c1-6-7(2)12-10(11)14-9(6)13-8-3-4-15-5-8;1-2/h8H,3-5H2,1-2H3,(H3,11,12,13,14);1-2H3. The highest BCUT2D eigenvalue weighted by molar-refractivity contribution is 5.49. The number of hydrogen-bond acceptors (Lipinski definition) is 5. The molecule has 1 aromatic heterocycles. The Bertz CT molecular complexity index is 362. The first kappa shape index (κ1) is 13.7. The van der Waals surface area contributed by atoms with Gasteiger partial charge in [-0.05, 0) is 20.3 Å². The minimum atomic E-state index is 0.319. The normalized spacial score (nSPS) is 18.5. The fourth-order valence-corrected chi connectivity index (χ4v) is 1.63. The van der Waals surface area contributed by atoms with E-state index in [2.05, 4.69) is 15.3 Å². The van der Waals surface area contributed by atoms with Gasteiger partial charge in [0.1, 0.15) is 5.82 Å². The second kappa shape index (κ2) is 6.39. The first-order chi connectivity index (χ1) is 8.16. The van der Waals surface area contributed by atoms with Gasteiger partial charge in [-0.2, -0.15) is 4.98 Å². The van der Waals surface area contributed by atoms with Crippen molar-refractivity contribution in [3.63, 3.8) is 0 Å². The van der Waals surface area contributed by atoms with Gasteiger partial charge in [-0.3, -0.25) is 0 Å². The van der Waals surface area contributed by atoms with Crippen molar-refractivity contribution < 1.29 is 4.74 Å². The third kappa shape index (κ3) is 3.56. The van der Waals surface area contributed by atoms with Gasteiger partial charge in [-0.1, -0.05) is 13.8 Å². The lowest BCUT2D eigenvalue weighted by Gasteiger charge is -2.14. The molecular formula is C12H22N4O. The summed E-state index contributed by atoms with van der Waals surface area (Å²) < 4.78 is 5.29. The molecule has 1 aliphatic heterocycles. The van der Waals surface area contributed by atoms with Gasteiger partial charge in [0, 0.05) is 17.9 Å². The van der Waals surface area contributed by atoms with E-state index in [0.717, 1.165) is 36.7 Å². The van der Waals surface area contributed by atoms with Gasteiger partial charge in [0.2, 0.25) is 5.95 Å². The van der Waals surface area contributed by atoms with Crippen LogP contribution in [0.5, 0.6) is 0 Å². The first-order valence-electron chi connectivity index (χ1n) is 6.12. The number of anilines is 2. The van der Waals surface area contributed by atoms with Gasteiger partial charge in [0.15, 0.2) is 0 Å². The third-order valence-corrected chi connectivity index (χ3v) is 2.68. The molecule has 0 spiro atoms. The number of rotatable bonds is 2. The van der Waals surface area contributed by atoms with Crippen molar-refractivity contribution in [2.45, 2.75) is 40.2 Å². The van der Waals surface area contributed by atoms with Crippen molar-refractivity contribution in [2.75, 3.05) is 24.3 Å². The summed E-state index contributed by atoms with van der Waals surface area (Å²) in [5.74, 6) is 1.15. The highest BCUT2D eigenvalue weighted by Crippen LogP contribution is 2.18. The highest BCUT2D eigenvalue weighted by atomic mass is 16.5. The molecule has 2 rings (SSSR count). The maximum Gasteiger partial charge on any atom is 0.222 e. The van der Waals surface area contributed by atoms with E-state index in [1.807, 2.05) is 27.7 Å². The fourth-order valence-electron chi connectivity index (χ4n) is 1.63. The SMILES string of the molecule is CC.Cc1nc(N)nc(NC2CCOC2)c1C. The van der Waals surface area contributed by atoms with Crippen LogP contribution in [0.1, 0.15) is 31.5 Å². The van der Waals surface area contributed by atoms with Crippen LogP contribution >= 0.6 is 0 Å². The van der Waals surface area contributed by atoms with Crippen molar-refractivity contribution in [3.8, 4) is 0 Å². The molecule has 3 N–H and O–H groups in total. The summed E-state index contributed by atoms with van der Waals surface area (Å²) >= 11 is 0. The molecule has 1 unspecified atom stereocenters. The predicted molar refractivity (Wildman–Crippen MR) is 70.1 cm³/mol. The molecule has 0 radical (unpaired) electrons. The molecular weight excluding hydrogens is 216 g/mol. The van der Waals surface area contributed by atoms with Crippen LogP contribution in [0.2, 0.25) is 0 Å². The molecule has 2 heterocycles. The largest absolute Gasteiger partial charge is 0.379 e. The number of nitrogens with one attached hydrogen (secondary N) is 1. The molecule has 5 nitrogen and oxygen atoms in total. The number of ether oxygens (including phenoxy) is 1. The zero-order valence-corrected chi connectivity index (χ0v) is 11.1. The number of nitrogens with two attached hydrogens (primary N) is 1. The second-order valence-corrected chi connectivity index (χ2v) is 3.85. The van der Waals surface area contributed by atoms with Crippen LogP contribution in [0.4, 0.5) is 11.8 Å². The molecule has 1 aliphatic rings. The molecule has 96 valence electrons.